The molecule has 33 heavy (non-hydrogen) atoms. The monoisotopic (exact) mass is 443 g/mol. The lowest BCUT2D eigenvalue weighted by atomic mass is 9.71. The summed E-state index contributed by atoms with van der Waals surface area (Å²) in [4.78, 5) is 0. The minimum Gasteiger partial charge on any atom is -0.386 e. The van der Waals surface area contributed by atoms with Gasteiger partial charge in [-0.2, -0.15) is 0 Å². The lowest BCUT2D eigenvalue weighted by Crippen LogP contribution is -2.38. The van der Waals surface area contributed by atoms with E-state index in [0.29, 0.717) is 0 Å². The summed E-state index contributed by atoms with van der Waals surface area (Å²) in [5, 5.41) is 3.50. The van der Waals surface area contributed by atoms with Gasteiger partial charge >= 0.3 is 0 Å². The summed E-state index contributed by atoms with van der Waals surface area (Å²) in [5.41, 5.74) is 22.5. The highest BCUT2D eigenvalue weighted by Crippen LogP contribution is 2.56. The fourth-order valence-corrected chi connectivity index (χ4v) is 5.98. The molecule has 1 heterocycles. The zero-order valence-electron chi connectivity index (χ0n) is 20.9. The zero-order chi connectivity index (χ0) is 23.9. The van der Waals surface area contributed by atoms with Crippen molar-refractivity contribution in [3.63, 3.8) is 0 Å². The van der Waals surface area contributed by atoms with E-state index in [1.807, 2.05) is 0 Å². The van der Waals surface area contributed by atoms with E-state index in [4.69, 9.17) is 11.5 Å². The van der Waals surface area contributed by atoms with Gasteiger partial charge in [-0.15, -0.1) is 6.58 Å². The third kappa shape index (κ3) is 4.12. The van der Waals surface area contributed by atoms with Gasteiger partial charge < -0.3 is 16.8 Å². The van der Waals surface area contributed by atoms with Gasteiger partial charge in [-0.1, -0.05) is 68.9 Å². The zero-order valence-corrected chi connectivity index (χ0v) is 20.9. The van der Waals surface area contributed by atoms with Gasteiger partial charge in [0.2, 0.25) is 0 Å². The summed E-state index contributed by atoms with van der Waals surface area (Å²) in [6, 6.07) is 0.104. The van der Waals surface area contributed by atoms with E-state index < -0.39 is 0 Å². The van der Waals surface area contributed by atoms with Gasteiger partial charge in [0.1, 0.15) is 0 Å². The Hall–Kier alpha value is -2.52. The van der Waals surface area contributed by atoms with Crippen LogP contribution >= 0.6 is 0 Å². The van der Waals surface area contributed by atoms with Crippen LogP contribution < -0.4 is 16.8 Å². The van der Waals surface area contributed by atoms with Crippen LogP contribution in [-0.4, -0.2) is 12.1 Å². The molecule has 4 atom stereocenters. The summed E-state index contributed by atoms with van der Waals surface area (Å²) in [7, 11) is 0. The first kappa shape index (κ1) is 23.6. The number of nitrogens with one attached hydrogen (secondary N) is 1. The van der Waals surface area contributed by atoms with Gasteiger partial charge in [0.15, 0.2) is 0 Å². The molecule has 1 saturated carbocycles. The molecule has 3 nitrogen and oxygen atoms in total. The highest BCUT2D eigenvalue weighted by Gasteiger charge is 2.45. The number of rotatable bonds is 8. The molecular weight excluding hydrogens is 402 g/mol. The van der Waals surface area contributed by atoms with Gasteiger partial charge in [-0.05, 0) is 73.0 Å². The summed E-state index contributed by atoms with van der Waals surface area (Å²) in [6.45, 7) is 17.6. The van der Waals surface area contributed by atoms with Crippen molar-refractivity contribution in [2.45, 2.75) is 71.9 Å². The third-order valence-corrected chi connectivity index (χ3v) is 8.23. The van der Waals surface area contributed by atoms with Crippen molar-refractivity contribution >= 4 is 0 Å². The fourth-order valence-electron chi connectivity index (χ4n) is 5.98. The van der Waals surface area contributed by atoms with Crippen molar-refractivity contribution in [2.75, 3.05) is 0 Å². The number of hydrogen-bond donors (Lipinski definition) is 3. The second-order valence-electron chi connectivity index (χ2n) is 10.1. The van der Waals surface area contributed by atoms with Gasteiger partial charge in [0.25, 0.3) is 0 Å². The highest BCUT2D eigenvalue weighted by atomic mass is 15.0. The molecule has 0 amide bonds. The molecule has 0 spiro atoms. The minimum atomic E-state index is -0.0356. The van der Waals surface area contributed by atoms with E-state index in [-0.39, 0.29) is 29.3 Å². The molecule has 0 saturated heterocycles. The van der Waals surface area contributed by atoms with Crippen LogP contribution in [0.5, 0.6) is 0 Å². The molecule has 4 rings (SSSR count). The van der Waals surface area contributed by atoms with Crippen LogP contribution in [-0.2, 0) is 0 Å². The minimum absolute atomic E-state index is 0.0356. The Morgan fingerprint density at radius 1 is 1.15 bits per heavy atom. The molecule has 0 aromatic heterocycles. The molecule has 5 N–H and O–H groups in total. The van der Waals surface area contributed by atoms with E-state index >= 15 is 0 Å². The van der Waals surface area contributed by atoms with Crippen molar-refractivity contribution in [3.05, 3.63) is 94.4 Å². The van der Waals surface area contributed by atoms with Gasteiger partial charge in [-0.25, -0.2) is 0 Å². The summed E-state index contributed by atoms with van der Waals surface area (Å²) in [6.07, 6.45) is 19.1. The second kappa shape index (κ2) is 9.02. The van der Waals surface area contributed by atoms with Crippen LogP contribution in [0.3, 0.4) is 0 Å². The molecule has 4 unspecified atom stereocenters. The molecule has 3 heteroatoms. The summed E-state index contributed by atoms with van der Waals surface area (Å²) >= 11 is 0. The van der Waals surface area contributed by atoms with Crippen molar-refractivity contribution in [1.29, 1.82) is 0 Å². The van der Waals surface area contributed by atoms with Crippen LogP contribution in [0.4, 0.5) is 0 Å². The summed E-state index contributed by atoms with van der Waals surface area (Å²) in [5.74, 6) is 1.16. The highest BCUT2D eigenvalue weighted by molar-refractivity contribution is 5.57. The van der Waals surface area contributed by atoms with Crippen molar-refractivity contribution in [3.8, 4) is 0 Å². The molecule has 0 aromatic rings. The smallest absolute Gasteiger partial charge is 0.0970 e. The first-order valence-electron chi connectivity index (χ1n) is 12.7. The molecular formula is C30H41N3. The Labute approximate surface area is 200 Å². The van der Waals surface area contributed by atoms with Crippen molar-refractivity contribution in [2.24, 2.45) is 28.7 Å². The van der Waals surface area contributed by atoms with Gasteiger partial charge in [0, 0.05) is 23.3 Å². The summed E-state index contributed by atoms with van der Waals surface area (Å²) < 4.78 is 0. The maximum atomic E-state index is 6.64. The Morgan fingerprint density at radius 2 is 1.85 bits per heavy atom. The Bertz CT molecular complexity index is 1040. The third-order valence-electron chi connectivity index (χ3n) is 8.23. The molecule has 176 valence electrons. The number of dihydropyridines is 1. The van der Waals surface area contributed by atoms with E-state index in [0.717, 1.165) is 37.9 Å². The van der Waals surface area contributed by atoms with Crippen LogP contribution in [0.2, 0.25) is 0 Å². The number of allylic oxidation sites excluding steroid dienone is 7. The Kier molecular flexibility index (Phi) is 6.46. The molecule has 1 aliphatic heterocycles. The Morgan fingerprint density at radius 3 is 2.42 bits per heavy atom. The number of fused-ring (bicyclic) bond motifs is 1. The average Bonchev–Trinajstić information content (AvgIpc) is 3.60. The van der Waals surface area contributed by atoms with Gasteiger partial charge in [-0.3, -0.25) is 0 Å². The van der Waals surface area contributed by atoms with Crippen LogP contribution in [0.15, 0.2) is 94.4 Å². The lowest BCUT2D eigenvalue weighted by molar-refractivity contribution is 0.553. The fraction of sp³-hybridized carbons (Fsp3) is 0.467. The van der Waals surface area contributed by atoms with Crippen LogP contribution in [0, 0.1) is 17.3 Å². The first-order valence-corrected chi connectivity index (χ1v) is 12.7. The topological polar surface area (TPSA) is 64.1 Å². The largest absolute Gasteiger partial charge is 0.386 e. The predicted molar refractivity (Wildman–Crippen MR) is 141 cm³/mol. The first-order chi connectivity index (χ1) is 15.8. The molecule has 0 radical (unpaired) electrons. The van der Waals surface area contributed by atoms with Gasteiger partial charge in [0.05, 0.1) is 11.9 Å². The maximum Gasteiger partial charge on any atom is 0.0970 e. The number of nitrogens with two attached hydrogens (primary N) is 2. The SMILES string of the molecule is C=CC1(C(=C)C2C=C(C(CC)C3=C4C=C(CC)C(CC)=CC4NC(N)=C3)C(C)=CC2N)CC1. The molecule has 0 aromatic carbocycles. The number of hydrogen-bond acceptors (Lipinski definition) is 3. The normalized spacial score (nSPS) is 28.9. The molecule has 4 aliphatic rings. The van der Waals surface area contributed by atoms with E-state index in [1.54, 1.807) is 0 Å². The van der Waals surface area contributed by atoms with Crippen molar-refractivity contribution in [1.82, 2.24) is 5.32 Å². The quantitative estimate of drug-likeness (QED) is 0.396. The average molecular weight is 444 g/mol. The van der Waals surface area contributed by atoms with Crippen molar-refractivity contribution < 1.29 is 0 Å². The lowest BCUT2D eigenvalue weighted by Gasteiger charge is -2.37. The van der Waals surface area contributed by atoms with E-state index in [2.05, 4.69) is 82.6 Å². The standard InChI is InChI=1S/C30H41N3/c1-7-20-14-26-25(17-29(32)33-28(26)15-21(20)8-2)22(9-3)23-16-24(27(31)13-18(23)5)19(6)30(10-4)11-12-30/h10,13-17,22,24,27-28,33H,4,6-9,11-12,31-32H2,1-3,5H3. The van der Waals surface area contributed by atoms with E-state index in [1.165, 1.54) is 39.0 Å². The predicted octanol–water partition coefficient (Wildman–Crippen LogP) is 6.12. The second-order valence-corrected chi connectivity index (χ2v) is 10.1. The van der Waals surface area contributed by atoms with Crippen LogP contribution in [0.1, 0.15) is 59.8 Å². The Balaban J connectivity index is 1.79. The van der Waals surface area contributed by atoms with E-state index in [9.17, 15) is 0 Å². The molecule has 3 aliphatic carbocycles. The molecule has 1 fully saturated rings. The molecule has 0 bridgehead atoms. The van der Waals surface area contributed by atoms with Crippen LogP contribution in [0.25, 0.3) is 0 Å². The maximum absolute atomic E-state index is 6.64.